The van der Waals surface area contributed by atoms with Crippen LogP contribution >= 0.6 is 0 Å². The molecule has 0 aliphatic carbocycles. The van der Waals surface area contributed by atoms with Gasteiger partial charge < -0.3 is 15.2 Å². The molecule has 28 heavy (non-hydrogen) atoms. The summed E-state index contributed by atoms with van der Waals surface area (Å²) in [7, 11) is 0. The Hall–Kier alpha value is -3.17. The van der Waals surface area contributed by atoms with Crippen LogP contribution in [0.1, 0.15) is 24.0 Å². The van der Waals surface area contributed by atoms with Crippen LogP contribution in [0.25, 0.3) is 5.57 Å². The van der Waals surface area contributed by atoms with Crippen LogP contribution in [0.3, 0.4) is 0 Å². The van der Waals surface area contributed by atoms with Crippen molar-refractivity contribution in [1.82, 2.24) is 5.32 Å². The van der Waals surface area contributed by atoms with Crippen LogP contribution in [0.4, 0.5) is 22.0 Å². The minimum Gasteiger partial charge on any atom is -0.478 e. The van der Waals surface area contributed by atoms with Crippen LogP contribution in [0.2, 0.25) is 0 Å². The Kier molecular flexibility index (Phi) is 4.97. The molecule has 1 aromatic carbocycles. The summed E-state index contributed by atoms with van der Waals surface area (Å²) < 4.78 is 72.9. The van der Waals surface area contributed by atoms with Gasteiger partial charge in [0.1, 0.15) is 18.2 Å². The van der Waals surface area contributed by atoms with E-state index in [1.54, 1.807) is 0 Å². The molecule has 3 rings (SSSR count). The molecule has 10 heteroatoms. The highest BCUT2D eigenvalue weighted by Gasteiger charge is 2.43. The lowest BCUT2D eigenvalue weighted by Gasteiger charge is -2.28. The molecule has 0 bridgehead atoms. The van der Waals surface area contributed by atoms with Crippen molar-refractivity contribution < 1.29 is 41.4 Å². The molecule has 2 heterocycles. The number of nitrogens with one attached hydrogen (secondary N) is 1. The van der Waals surface area contributed by atoms with E-state index in [4.69, 9.17) is 4.74 Å². The maximum Gasteiger partial charge on any atom is 0.337 e. The van der Waals surface area contributed by atoms with Gasteiger partial charge in [0.15, 0.2) is 0 Å². The molecule has 148 valence electrons. The second-order valence-electron chi connectivity index (χ2n) is 6.09. The SMILES string of the molecule is CC1=C(C(=O)O)C(c2cc(F)cc(F)c2C(=CF)C(F)F)C2=C(COC2=O)N1. The molecule has 0 amide bonds. The molecule has 0 saturated carbocycles. The molecule has 0 radical (unpaired) electrons. The van der Waals surface area contributed by atoms with Crippen molar-refractivity contribution in [2.75, 3.05) is 6.61 Å². The maximum absolute atomic E-state index is 14.4. The van der Waals surface area contributed by atoms with Gasteiger partial charge in [0.25, 0.3) is 6.43 Å². The Labute approximate surface area is 154 Å². The highest BCUT2D eigenvalue weighted by atomic mass is 19.3. The molecule has 1 atom stereocenters. The van der Waals surface area contributed by atoms with E-state index in [1.807, 2.05) is 0 Å². The third-order valence-electron chi connectivity index (χ3n) is 4.48. The van der Waals surface area contributed by atoms with Gasteiger partial charge in [0, 0.05) is 17.3 Å². The number of hydrogen-bond acceptors (Lipinski definition) is 4. The first kappa shape index (κ1) is 19.6. The standard InChI is InChI=1S/C18H12F5NO4/c1-6-12(17(25)26)14(15-11(24-6)5-28-18(15)27)8-2-7(20)3-10(21)13(8)9(4-19)16(22)23/h2-4,14,16,24H,5H2,1H3,(H,25,26). The smallest absolute Gasteiger partial charge is 0.337 e. The monoisotopic (exact) mass is 401 g/mol. The van der Waals surface area contributed by atoms with Crippen LogP contribution in [0, 0.1) is 11.6 Å². The summed E-state index contributed by atoms with van der Waals surface area (Å²) in [6, 6.07) is 0.873. The van der Waals surface area contributed by atoms with E-state index in [2.05, 4.69) is 5.32 Å². The molecule has 2 aliphatic rings. The van der Waals surface area contributed by atoms with Gasteiger partial charge in [-0.1, -0.05) is 0 Å². The lowest BCUT2D eigenvalue weighted by Crippen LogP contribution is -2.30. The highest BCUT2D eigenvalue weighted by molar-refractivity contribution is 6.01. The summed E-state index contributed by atoms with van der Waals surface area (Å²) in [5, 5.41) is 12.2. The minimum atomic E-state index is -3.48. The average Bonchev–Trinajstić information content (AvgIpc) is 2.95. The zero-order chi connectivity index (χ0) is 20.7. The number of allylic oxidation sites excluding steroid dienone is 2. The second kappa shape index (κ2) is 7.10. The summed E-state index contributed by atoms with van der Waals surface area (Å²) >= 11 is 0. The number of esters is 1. The van der Waals surface area contributed by atoms with Crippen molar-refractivity contribution in [2.45, 2.75) is 19.3 Å². The largest absolute Gasteiger partial charge is 0.478 e. The number of hydrogen-bond donors (Lipinski definition) is 2. The summed E-state index contributed by atoms with van der Waals surface area (Å²) in [5.41, 5.74) is -3.67. The number of benzene rings is 1. The minimum absolute atomic E-state index is 0.0213. The van der Waals surface area contributed by atoms with Crippen molar-refractivity contribution in [3.8, 4) is 0 Å². The molecule has 1 unspecified atom stereocenters. The first-order valence-electron chi connectivity index (χ1n) is 7.86. The zero-order valence-corrected chi connectivity index (χ0v) is 14.2. The van der Waals surface area contributed by atoms with Gasteiger partial charge in [-0.25, -0.2) is 31.5 Å². The van der Waals surface area contributed by atoms with Crippen LogP contribution in [0.5, 0.6) is 0 Å². The molecule has 2 N–H and O–H groups in total. The van der Waals surface area contributed by atoms with Crippen molar-refractivity contribution in [1.29, 1.82) is 0 Å². The van der Waals surface area contributed by atoms with Gasteiger partial charge in [-0.3, -0.25) is 0 Å². The van der Waals surface area contributed by atoms with Gasteiger partial charge >= 0.3 is 11.9 Å². The van der Waals surface area contributed by atoms with Crippen LogP contribution in [-0.2, 0) is 14.3 Å². The molecular formula is C18H12F5NO4. The number of carboxylic acids is 1. The summed E-state index contributed by atoms with van der Waals surface area (Å²) in [6.07, 6.45) is -4.02. The van der Waals surface area contributed by atoms with Crippen molar-refractivity contribution in [3.05, 3.63) is 63.8 Å². The fourth-order valence-electron chi connectivity index (χ4n) is 3.40. The predicted molar refractivity (Wildman–Crippen MR) is 85.6 cm³/mol. The van der Waals surface area contributed by atoms with E-state index in [-0.39, 0.29) is 29.6 Å². The lowest BCUT2D eigenvalue weighted by molar-refractivity contribution is -0.136. The van der Waals surface area contributed by atoms with E-state index in [9.17, 15) is 36.6 Å². The fraction of sp³-hybridized carbons (Fsp3) is 0.222. The van der Waals surface area contributed by atoms with Crippen molar-refractivity contribution >= 4 is 17.5 Å². The Morgan fingerprint density at radius 3 is 2.61 bits per heavy atom. The van der Waals surface area contributed by atoms with E-state index in [1.165, 1.54) is 6.92 Å². The molecule has 0 saturated heterocycles. The van der Waals surface area contributed by atoms with Crippen molar-refractivity contribution in [3.63, 3.8) is 0 Å². The number of cyclic esters (lactones) is 1. The molecular weight excluding hydrogens is 389 g/mol. The number of rotatable bonds is 4. The van der Waals surface area contributed by atoms with Gasteiger partial charge in [-0.05, 0) is 18.6 Å². The first-order chi connectivity index (χ1) is 13.2. The number of carbonyl (C=O) groups is 2. The van der Waals surface area contributed by atoms with Crippen LogP contribution < -0.4 is 5.32 Å². The molecule has 2 aliphatic heterocycles. The number of carboxylic acid groups (broad SMARTS) is 1. The fourth-order valence-corrected chi connectivity index (χ4v) is 3.40. The number of dihydropyridines is 1. The second-order valence-corrected chi connectivity index (χ2v) is 6.09. The average molecular weight is 401 g/mol. The zero-order valence-electron chi connectivity index (χ0n) is 14.2. The first-order valence-corrected chi connectivity index (χ1v) is 7.86. The molecule has 0 spiro atoms. The summed E-state index contributed by atoms with van der Waals surface area (Å²) in [4.78, 5) is 24.0. The van der Waals surface area contributed by atoms with Crippen LogP contribution in [-0.4, -0.2) is 30.1 Å². The topological polar surface area (TPSA) is 75.6 Å². The number of ether oxygens (including phenoxy) is 1. The third-order valence-corrected chi connectivity index (χ3v) is 4.48. The summed E-state index contributed by atoms with van der Waals surface area (Å²) in [6.45, 7) is 1.07. The number of alkyl halides is 2. The molecule has 1 aromatic rings. The van der Waals surface area contributed by atoms with E-state index < -0.39 is 64.5 Å². The van der Waals surface area contributed by atoms with Crippen LogP contribution in [0.15, 0.2) is 41.0 Å². The van der Waals surface area contributed by atoms with Gasteiger partial charge in [0.05, 0.1) is 34.7 Å². The number of aliphatic carboxylic acids is 1. The third kappa shape index (κ3) is 3.04. The van der Waals surface area contributed by atoms with Crippen molar-refractivity contribution in [2.24, 2.45) is 0 Å². The van der Waals surface area contributed by atoms with Gasteiger partial charge in [-0.2, -0.15) is 0 Å². The predicted octanol–water partition coefficient (Wildman–Crippen LogP) is 3.40. The Morgan fingerprint density at radius 2 is 2.04 bits per heavy atom. The Bertz CT molecular complexity index is 978. The Morgan fingerprint density at radius 1 is 1.36 bits per heavy atom. The van der Waals surface area contributed by atoms with Gasteiger partial charge in [-0.15, -0.1) is 0 Å². The number of halogens is 5. The van der Waals surface area contributed by atoms with E-state index >= 15 is 0 Å². The molecule has 5 nitrogen and oxygen atoms in total. The normalized spacial score (nSPS) is 19.8. The van der Waals surface area contributed by atoms with E-state index in [0.717, 1.165) is 0 Å². The molecule has 0 aromatic heterocycles. The molecule has 0 fully saturated rings. The lowest BCUT2D eigenvalue weighted by atomic mass is 9.78. The summed E-state index contributed by atoms with van der Waals surface area (Å²) in [5.74, 6) is -6.90. The quantitative estimate of drug-likeness (QED) is 0.598. The highest BCUT2D eigenvalue weighted by Crippen LogP contribution is 2.44. The Balaban J connectivity index is 2.38. The number of carbonyl (C=O) groups excluding carboxylic acids is 1. The van der Waals surface area contributed by atoms with Gasteiger partial charge in [0.2, 0.25) is 0 Å². The van der Waals surface area contributed by atoms with E-state index in [0.29, 0.717) is 6.07 Å². The maximum atomic E-state index is 14.4.